The van der Waals surface area contributed by atoms with E-state index >= 15 is 0 Å². The smallest absolute Gasteiger partial charge is 0.326 e. The van der Waals surface area contributed by atoms with Crippen LogP contribution in [-0.4, -0.2) is 34.1 Å². The van der Waals surface area contributed by atoms with Crippen LogP contribution in [0.4, 0.5) is 4.79 Å². The van der Waals surface area contributed by atoms with E-state index in [1.165, 1.54) is 0 Å². The zero-order valence-electron chi connectivity index (χ0n) is 12.4. The third kappa shape index (κ3) is 4.74. The predicted molar refractivity (Wildman–Crippen MR) is 82.3 cm³/mol. The fourth-order valence-electron chi connectivity index (χ4n) is 2.25. The van der Waals surface area contributed by atoms with E-state index < -0.39 is 12.0 Å². The molecule has 0 spiro atoms. The standard InChI is InChI=1S/C15H22N2O3S/c1-10(2)8-13(14(18)19)16-15(20)17(11-5-6-11)9-12-4-3-7-21-12/h3-4,7,10-11,13H,5-6,8-9H2,1-2H3,(H,16,20)(H,18,19)/t13-/m1/s1. The maximum absolute atomic E-state index is 12.4. The number of thiophene rings is 1. The molecule has 1 fully saturated rings. The van der Waals surface area contributed by atoms with Gasteiger partial charge in [-0.2, -0.15) is 0 Å². The van der Waals surface area contributed by atoms with Crippen molar-refractivity contribution >= 4 is 23.3 Å². The number of urea groups is 1. The Morgan fingerprint density at radius 2 is 2.19 bits per heavy atom. The van der Waals surface area contributed by atoms with Crippen LogP contribution in [0.15, 0.2) is 17.5 Å². The molecule has 1 heterocycles. The summed E-state index contributed by atoms with van der Waals surface area (Å²) in [6.45, 7) is 4.46. The van der Waals surface area contributed by atoms with Crippen LogP contribution in [0.2, 0.25) is 0 Å². The van der Waals surface area contributed by atoms with Gasteiger partial charge in [-0.1, -0.05) is 19.9 Å². The lowest BCUT2D eigenvalue weighted by atomic mass is 10.0. The van der Waals surface area contributed by atoms with E-state index in [1.54, 1.807) is 16.2 Å². The van der Waals surface area contributed by atoms with E-state index in [0.29, 0.717) is 13.0 Å². The Balaban J connectivity index is 1.99. The third-order valence-corrected chi connectivity index (χ3v) is 4.32. The summed E-state index contributed by atoms with van der Waals surface area (Å²) in [6, 6.07) is 3.12. The molecule has 1 aromatic heterocycles. The molecule has 0 aliphatic heterocycles. The number of carbonyl (C=O) groups is 2. The molecule has 116 valence electrons. The molecule has 0 unspecified atom stereocenters. The van der Waals surface area contributed by atoms with Crippen molar-refractivity contribution in [3.05, 3.63) is 22.4 Å². The first-order chi connectivity index (χ1) is 9.97. The van der Waals surface area contributed by atoms with Crippen LogP contribution < -0.4 is 5.32 Å². The summed E-state index contributed by atoms with van der Waals surface area (Å²) in [7, 11) is 0. The zero-order chi connectivity index (χ0) is 15.4. The second-order valence-corrected chi connectivity index (χ2v) is 6.94. The van der Waals surface area contributed by atoms with E-state index in [1.807, 2.05) is 31.4 Å². The SMILES string of the molecule is CC(C)C[C@@H](NC(=O)N(Cc1cccs1)C1CC1)C(=O)O. The number of carboxylic acid groups (broad SMARTS) is 1. The van der Waals surface area contributed by atoms with Gasteiger partial charge < -0.3 is 15.3 Å². The predicted octanol–water partition coefficient (Wildman–Crippen LogP) is 2.92. The molecule has 21 heavy (non-hydrogen) atoms. The fourth-order valence-corrected chi connectivity index (χ4v) is 2.95. The summed E-state index contributed by atoms with van der Waals surface area (Å²) in [4.78, 5) is 26.6. The van der Waals surface area contributed by atoms with Crippen molar-refractivity contribution in [2.45, 2.75) is 51.7 Å². The molecule has 1 aliphatic rings. The van der Waals surface area contributed by atoms with Crippen molar-refractivity contribution < 1.29 is 14.7 Å². The van der Waals surface area contributed by atoms with E-state index in [2.05, 4.69) is 5.32 Å². The van der Waals surface area contributed by atoms with E-state index in [0.717, 1.165) is 17.7 Å². The molecule has 0 aromatic carbocycles. The van der Waals surface area contributed by atoms with Gasteiger partial charge in [-0.25, -0.2) is 9.59 Å². The Bertz CT molecular complexity index is 483. The number of aliphatic carboxylic acids is 1. The van der Waals surface area contributed by atoms with Crippen LogP contribution in [0, 0.1) is 5.92 Å². The lowest BCUT2D eigenvalue weighted by molar-refractivity contribution is -0.139. The molecule has 0 radical (unpaired) electrons. The highest BCUT2D eigenvalue weighted by atomic mass is 32.1. The van der Waals surface area contributed by atoms with Gasteiger partial charge in [0.1, 0.15) is 6.04 Å². The normalized spacial score (nSPS) is 15.8. The molecule has 2 amide bonds. The second-order valence-electron chi connectivity index (χ2n) is 5.91. The Kier molecular flexibility index (Phi) is 5.22. The molecule has 1 aliphatic carbocycles. The third-order valence-electron chi connectivity index (χ3n) is 3.46. The number of hydrogen-bond acceptors (Lipinski definition) is 3. The Labute approximate surface area is 129 Å². The van der Waals surface area contributed by atoms with Crippen LogP contribution in [0.1, 0.15) is 38.0 Å². The minimum Gasteiger partial charge on any atom is -0.480 e. The van der Waals surface area contributed by atoms with Gasteiger partial charge in [-0.3, -0.25) is 0 Å². The zero-order valence-corrected chi connectivity index (χ0v) is 13.2. The van der Waals surface area contributed by atoms with Crippen molar-refractivity contribution in [3.8, 4) is 0 Å². The minimum absolute atomic E-state index is 0.220. The summed E-state index contributed by atoms with van der Waals surface area (Å²) in [5.74, 6) is -0.748. The van der Waals surface area contributed by atoms with Crippen molar-refractivity contribution in [2.24, 2.45) is 5.92 Å². The highest BCUT2D eigenvalue weighted by Gasteiger charge is 2.34. The number of carboxylic acids is 1. The maximum atomic E-state index is 12.4. The van der Waals surface area contributed by atoms with Crippen LogP contribution >= 0.6 is 11.3 Å². The van der Waals surface area contributed by atoms with Gasteiger partial charge in [-0.15, -0.1) is 11.3 Å². The maximum Gasteiger partial charge on any atom is 0.326 e. The first kappa shape index (κ1) is 15.8. The molecular weight excluding hydrogens is 288 g/mol. The lowest BCUT2D eigenvalue weighted by Crippen LogP contribution is -2.48. The van der Waals surface area contributed by atoms with E-state index in [-0.39, 0.29) is 18.0 Å². The van der Waals surface area contributed by atoms with Crippen LogP contribution in [0.3, 0.4) is 0 Å². The Morgan fingerprint density at radius 3 is 2.67 bits per heavy atom. The number of carbonyl (C=O) groups excluding carboxylic acids is 1. The largest absolute Gasteiger partial charge is 0.480 e. The van der Waals surface area contributed by atoms with Gasteiger partial charge in [0.15, 0.2) is 0 Å². The number of nitrogens with one attached hydrogen (secondary N) is 1. The van der Waals surface area contributed by atoms with Gasteiger partial charge in [0.2, 0.25) is 0 Å². The van der Waals surface area contributed by atoms with Gasteiger partial charge in [0, 0.05) is 10.9 Å². The molecule has 0 bridgehead atoms. The second kappa shape index (κ2) is 6.93. The summed E-state index contributed by atoms with van der Waals surface area (Å²) >= 11 is 1.61. The summed E-state index contributed by atoms with van der Waals surface area (Å²) < 4.78 is 0. The monoisotopic (exact) mass is 310 g/mol. The summed E-state index contributed by atoms with van der Waals surface area (Å²) in [5.41, 5.74) is 0. The molecule has 5 nitrogen and oxygen atoms in total. The molecule has 6 heteroatoms. The quantitative estimate of drug-likeness (QED) is 0.813. The number of amides is 2. The van der Waals surface area contributed by atoms with Crippen LogP contribution in [0.5, 0.6) is 0 Å². The van der Waals surface area contributed by atoms with Gasteiger partial charge in [-0.05, 0) is 36.6 Å². The molecular formula is C15H22N2O3S. The summed E-state index contributed by atoms with van der Waals surface area (Å²) in [6.07, 6.45) is 2.44. The summed E-state index contributed by atoms with van der Waals surface area (Å²) in [5, 5.41) is 13.9. The van der Waals surface area contributed by atoms with Crippen molar-refractivity contribution in [2.75, 3.05) is 0 Å². The number of rotatable bonds is 7. The minimum atomic E-state index is -0.969. The fraction of sp³-hybridized carbons (Fsp3) is 0.600. The van der Waals surface area contributed by atoms with Crippen molar-refractivity contribution in [1.29, 1.82) is 0 Å². The molecule has 1 aromatic rings. The topological polar surface area (TPSA) is 69.6 Å². The Hall–Kier alpha value is -1.56. The number of nitrogens with zero attached hydrogens (tertiary/aromatic N) is 1. The first-order valence-corrected chi connectivity index (χ1v) is 8.17. The highest BCUT2D eigenvalue weighted by Crippen LogP contribution is 2.29. The Morgan fingerprint density at radius 1 is 1.48 bits per heavy atom. The van der Waals surface area contributed by atoms with Gasteiger partial charge >= 0.3 is 12.0 Å². The highest BCUT2D eigenvalue weighted by molar-refractivity contribution is 7.09. The van der Waals surface area contributed by atoms with E-state index in [4.69, 9.17) is 0 Å². The van der Waals surface area contributed by atoms with Crippen molar-refractivity contribution in [3.63, 3.8) is 0 Å². The van der Waals surface area contributed by atoms with Gasteiger partial charge in [0.25, 0.3) is 0 Å². The van der Waals surface area contributed by atoms with Gasteiger partial charge in [0.05, 0.1) is 6.54 Å². The van der Waals surface area contributed by atoms with Crippen LogP contribution in [0.25, 0.3) is 0 Å². The molecule has 1 saturated carbocycles. The molecule has 2 rings (SSSR count). The van der Waals surface area contributed by atoms with Crippen molar-refractivity contribution in [1.82, 2.24) is 10.2 Å². The molecule has 1 atom stereocenters. The molecule has 2 N–H and O–H groups in total. The average molecular weight is 310 g/mol. The molecule has 0 saturated heterocycles. The average Bonchev–Trinajstić information content (AvgIpc) is 3.11. The lowest BCUT2D eigenvalue weighted by Gasteiger charge is -2.25. The van der Waals surface area contributed by atoms with E-state index in [9.17, 15) is 14.7 Å². The number of hydrogen-bond donors (Lipinski definition) is 2. The first-order valence-electron chi connectivity index (χ1n) is 7.29. The van der Waals surface area contributed by atoms with Crippen LogP contribution in [-0.2, 0) is 11.3 Å².